The van der Waals surface area contributed by atoms with Crippen LogP contribution in [0.1, 0.15) is 52.4 Å². The molecule has 2 heterocycles. The minimum atomic E-state index is -0.190. The summed E-state index contributed by atoms with van der Waals surface area (Å²) >= 11 is 0. The van der Waals surface area contributed by atoms with Gasteiger partial charge in [0, 0.05) is 31.9 Å². The van der Waals surface area contributed by atoms with Gasteiger partial charge in [0.25, 0.3) is 0 Å². The molecule has 0 saturated carbocycles. The van der Waals surface area contributed by atoms with E-state index in [4.69, 9.17) is 0 Å². The van der Waals surface area contributed by atoms with E-state index >= 15 is 0 Å². The van der Waals surface area contributed by atoms with E-state index in [1.807, 2.05) is 16.8 Å². The Labute approximate surface area is 155 Å². The van der Waals surface area contributed by atoms with Gasteiger partial charge >= 0.3 is 0 Å². The van der Waals surface area contributed by atoms with Gasteiger partial charge in [-0.15, -0.1) is 5.10 Å². The predicted octanol–water partition coefficient (Wildman–Crippen LogP) is 3.23. The van der Waals surface area contributed by atoms with Crippen LogP contribution >= 0.6 is 0 Å². The van der Waals surface area contributed by atoms with Crippen molar-refractivity contribution in [2.24, 2.45) is 0 Å². The summed E-state index contributed by atoms with van der Waals surface area (Å²) in [6, 6.07) is 6.99. The average molecular weight is 360 g/mol. The first kappa shape index (κ1) is 18.8. The van der Waals surface area contributed by atoms with E-state index in [-0.39, 0.29) is 17.4 Å². The molecule has 1 saturated heterocycles. The quantitative estimate of drug-likeness (QED) is 0.819. The van der Waals surface area contributed by atoms with Crippen LogP contribution in [-0.4, -0.2) is 51.3 Å². The second-order valence-electron chi connectivity index (χ2n) is 7.92. The van der Waals surface area contributed by atoms with Crippen LogP contribution in [0.25, 0.3) is 0 Å². The van der Waals surface area contributed by atoms with Crippen molar-refractivity contribution in [2.45, 2.75) is 52.1 Å². The van der Waals surface area contributed by atoms with E-state index in [2.05, 4.69) is 53.0 Å². The topological polar surface area (TPSA) is 50.1 Å². The SMILES string of the molecule is CCC[C@H](c1nnnn1C(C)(C)C)N1CCN(c2ccc(F)cc2)CC1. The number of benzene rings is 1. The lowest BCUT2D eigenvalue weighted by molar-refractivity contribution is 0.156. The number of piperazine rings is 1. The van der Waals surface area contributed by atoms with E-state index in [9.17, 15) is 4.39 Å². The Morgan fingerprint density at radius 1 is 1.08 bits per heavy atom. The molecule has 1 atom stereocenters. The Morgan fingerprint density at radius 2 is 1.73 bits per heavy atom. The molecule has 26 heavy (non-hydrogen) atoms. The predicted molar refractivity (Wildman–Crippen MR) is 101 cm³/mol. The minimum Gasteiger partial charge on any atom is -0.369 e. The molecule has 6 nitrogen and oxygen atoms in total. The Kier molecular flexibility index (Phi) is 5.55. The lowest BCUT2D eigenvalue weighted by atomic mass is 10.0. The smallest absolute Gasteiger partial charge is 0.168 e. The molecule has 0 spiro atoms. The Morgan fingerprint density at radius 3 is 2.31 bits per heavy atom. The summed E-state index contributed by atoms with van der Waals surface area (Å²) in [6.07, 6.45) is 2.12. The lowest BCUT2D eigenvalue weighted by Crippen LogP contribution is -2.48. The third kappa shape index (κ3) is 4.03. The summed E-state index contributed by atoms with van der Waals surface area (Å²) in [5.41, 5.74) is 0.943. The summed E-state index contributed by atoms with van der Waals surface area (Å²) in [5, 5.41) is 12.6. The van der Waals surface area contributed by atoms with E-state index < -0.39 is 0 Å². The van der Waals surface area contributed by atoms with Gasteiger partial charge in [-0.05, 0) is 61.9 Å². The fourth-order valence-electron chi connectivity index (χ4n) is 3.57. The van der Waals surface area contributed by atoms with Gasteiger partial charge in [0.15, 0.2) is 5.82 Å². The van der Waals surface area contributed by atoms with Crippen molar-refractivity contribution in [2.75, 3.05) is 31.1 Å². The van der Waals surface area contributed by atoms with Gasteiger partial charge in [0.1, 0.15) is 5.82 Å². The van der Waals surface area contributed by atoms with Crippen LogP contribution in [0, 0.1) is 5.82 Å². The van der Waals surface area contributed by atoms with Gasteiger partial charge in [-0.2, -0.15) is 0 Å². The first-order valence-electron chi connectivity index (χ1n) is 9.43. The van der Waals surface area contributed by atoms with E-state index in [0.717, 1.165) is 50.5 Å². The Hall–Kier alpha value is -2.02. The molecule has 1 aliphatic heterocycles. The summed E-state index contributed by atoms with van der Waals surface area (Å²) in [7, 11) is 0. The first-order chi connectivity index (χ1) is 12.4. The van der Waals surface area contributed by atoms with Gasteiger partial charge in [-0.3, -0.25) is 4.90 Å². The molecule has 0 unspecified atom stereocenters. The van der Waals surface area contributed by atoms with Gasteiger partial charge in [-0.1, -0.05) is 13.3 Å². The van der Waals surface area contributed by atoms with E-state index in [1.54, 1.807) is 0 Å². The van der Waals surface area contributed by atoms with Crippen LogP contribution in [0.15, 0.2) is 24.3 Å². The molecular weight excluding hydrogens is 331 g/mol. The number of halogens is 1. The zero-order chi connectivity index (χ0) is 18.7. The number of tetrazole rings is 1. The average Bonchev–Trinajstić information content (AvgIpc) is 3.10. The molecule has 0 N–H and O–H groups in total. The Balaban J connectivity index is 1.73. The Bertz CT molecular complexity index is 698. The van der Waals surface area contributed by atoms with Crippen molar-refractivity contribution < 1.29 is 4.39 Å². The fourth-order valence-corrected chi connectivity index (χ4v) is 3.57. The first-order valence-corrected chi connectivity index (χ1v) is 9.43. The molecule has 0 aliphatic carbocycles. The van der Waals surface area contributed by atoms with Crippen molar-refractivity contribution in [3.05, 3.63) is 35.9 Å². The maximum absolute atomic E-state index is 13.1. The zero-order valence-corrected chi connectivity index (χ0v) is 16.2. The molecule has 1 aromatic carbocycles. The van der Waals surface area contributed by atoms with E-state index in [0.29, 0.717) is 0 Å². The molecule has 142 valence electrons. The highest BCUT2D eigenvalue weighted by molar-refractivity contribution is 5.46. The number of aromatic nitrogens is 4. The molecule has 2 aromatic rings. The number of hydrogen-bond acceptors (Lipinski definition) is 5. The second-order valence-corrected chi connectivity index (χ2v) is 7.92. The van der Waals surface area contributed by atoms with Gasteiger partial charge in [-0.25, -0.2) is 9.07 Å². The lowest BCUT2D eigenvalue weighted by Gasteiger charge is -2.40. The summed E-state index contributed by atoms with van der Waals surface area (Å²) < 4.78 is 15.1. The minimum absolute atomic E-state index is 0.138. The van der Waals surface area contributed by atoms with Crippen LogP contribution in [0.3, 0.4) is 0 Å². The van der Waals surface area contributed by atoms with Crippen molar-refractivity contribution in [1.29, 1.82) is 0 Å². The fraction of sp³-hybridized carbons (Fsp3) is 0.632. The molecule has 0 amide bonds. The maximum Gasteiger partial charge on any atom is 0.168 e. The van der Waals surface area contributed by atoms with Gasteiger partial charge < -0.3 is 4.90 Å². The number of anilines is 1. The van der Waals surface area contributed by atoms with Crippen LogP contribution in [0.5, 0.6) is 0 Å². The molecule has 3 rings (SSSR count). The molecule has 1 aromatic heterocycles. The highest BCUT2D eigenvalue weighted by Crippen LogP contribution is 2.29. The largest absolute Gasteiger partial charge is 0.369 e. The molecule has 7 heteroatoms. The number of nitrogens with zero attached hydrogens (tertiary/aromatic N) is 6. The monoisotopic (exact) mass is 360 g/mol. The number of hydrogen-bond donors (Lipinski definition) is 0. The van der Waals surface area contributed by atoms with Crippen LogP contribution in [0.2, 0.25) is 0 Å². The summed E-state index contributed by atoms with van der Waals surface area (Å²) in [6.45, 7) is 12.3. The molecule has 0 bridgehead atoms. The third-order valence-electron chi connectivity index (χ3n) is 4.94. The van der Waals surface area contributed by atoms with Crippen LogP contribution < -0.4 is 4.90 Å². The normalized spacial score (nSPS) is 17.5. The number of rotatable bonds is 5. The summed E-state index contributed by atoms with van der Waals surface area (Å²) in [4.78, 5) is 4.79. The van der Waals surface area contributed by atoms with Crippen molar-refractivity contribution in [1.82, 2.24) is 25.1 Å². The van der Waals surface area contributed by atoms with Crippen molar-refractivity contribution >= 4 is 5.69 Å². The van der Waals surface area contributed by atoms with Gasteiger partial charge in [0.05, 0.1) is 11.6 Å². The third-order valence-corrected chi connectivity index (χ3v) is 4.94. The molecule has 1 aliphatic rings. The molecule has 0 radical (unpaired) electrons. The highest BCUT2D eigenvalue weighted by Gasteiger charge is 2.31. The molecular formula is C19H29FN6. The summed E-state index contributed by atoms with van der Waals surface area (Å²) in [5.74, 6) is 0.763. The second kappa shape index (κ2) is 7.70. The van der Waals surface area contributed by atoms with Gasteiger partial charge in [0.2, 0.25) is 0 Å². The molecule has 1 fully saturated rings. The van der Waals surface area contributed by atoms with Crippen molar-refractivity contribution in [3.63, 3.8) is 0 Å². The van der Waals surface area contributed by atoms with E-state index in [1.165, 1.54) is 12.1 Å². The zero-order valence-electron chi connectivity index (χ0n) is 16.2. The standard InChI is InChI=1S/C19H29FN6/c1-5-6-17(18-21-22-23-26(18)19(2,3)4)25-13-11-24(12-14-25)16-9-7-15(20)8-10-16/h7-10,17H,5-6,11-14H2,1-4H3/t17-/m1/s1. The van der Waals surface area contributed by atoms with Crippen molar-refractivity contribution in [3.8, 4) is 0 Å². The highest BCUT2D eigenvalue weighted by atomic mass is 19.1. The van der Waals surface area contributed by atoms with Crippen LogP contribution in [0.4, 0.5) is 10.1 Å². The maximum atomic E-state index is 13.1. The van der Waals surface area contributed by atoms with Crippen LogP contribution in [-0.2, 0) is 5.54 Å².